The van der Waals surface area contributed by atoms with Crippen LogP contribution in [0.5, 0.6) is 0 Å². The molecule has 0 saturated carbocycles. The van der Waals surface area contributed by atoms with Gasteiger partial charge in [0.15, 0.2) is 0 Å². The van der Waals surface area contributed by atoms with Crippen LogP contribution in [-0.4, -0.2) is 22.0 Å². The number of amides is 1. The fourth-order valence-electron chi connectivity index (χ4n) is 2.08. The molecule has 0 bridgehead atoms. The van der Waals surface area contributed by atoms with Crippen molar-refractivity contribution in [3.05, 3.63) is 29.0 Å². The van der Waals surface area contributed by atoms with Gasteiger partial charge in [0, 0.05) is 11.6 Å². The van der Waals surface area contributed by atoms with Gasteiger partial charge < -0.3 is 9.88 Å². The highest BCUT2D eigenvalue weighted by atomic mass is 35.5. The van der Waals surface area contributed by atoms with Crippen LogP contribution in [0.2, 0.25) is 5.02 Å². The Balaban J connectivity index is 2.56. The molecule has 0 saturated heterocycles. The lowest BCUT2D eigenvalue weighted by atomic mass is 10.2. The van der Waals surface area contributed by atoms with Gasteiger partial charge >= 0.3 is 0 Å². The quantitative estimate of drug-likeness (QED) is 0.882. The summed E-state index contributed by atoms with van der Waals surface area (Å²) in [6.07, 6.45) is 0. The van der Waals surface area contributed by atoms with E-state index in [1.165, 1.54) is 0 Å². The molecule has 19 heavy (non-hydrogen) atoms. The molecule has 1 amide bonds. The van der Waals surface area contributed by atoms with E-state index >= 15 is 0 Å². The van der Waals surface area contributed by atoms with Crippen molar-refractivity contribution < 1.29 is 4.79 Å². The van der Waals surface area contributed by atoms with E-state index in [1.54, 1.807) is 12.1 Å². The lowest BCUT2D eigenvalue weighted by molar-refractivity contribution is -0.123. The Labute approximate surface area is 121 Å². The molecule has 4 nitrogen and oxygen atoms in total. The van der Waals surface area contributed by atoms with Crippen molar-refractivity contribution in [2.75, 3.05) is 6.54 Å². The maximum atomic E-state index is 12.0. The van der Waals surface area contributed by atoms with Gasteiger partial charge in [-0.15, -0.1) is 11.6 Å². The van der Waals surface area contributed by atoms with Crippen LogP contribution in [0.25, 0.3) is 11.0 Å². The Hall–Kier alpha value is -1.26. The zero-order valence-corrected chi connectivity index (χ0v) is 12.3. The lowest BCUT2D eigenvalue weighted by Gasteiger charge is -2.16. The molecule has 1 N–H and O–H groups in total. The standard InChI is InChI=1S/C13H15Cl2N3O/c1-3-16-13(19)8(2)18-11-6-9(15)4-5-10(11)17-12(18)7-14/h4-6,8H,3,7H2,1-2H3,(H,16,19). The summed E-state index contributed by atoms with van der Waals surface area (Å²) in [7, 11) is 0. The zero-order chi connectivity index (χ0) is 14.0. The van der Waals surface area contributed by atoms with Gasteiger partial charge in [0.25, 0.3) is 0 Å². The molecule has 0 aliphatic carbocycles. The highest BCUT2D eigenvalue weighted by molar-refractivity contribution is 6.31. The van der Waals surface area contributed by atoms with Gasteiger partial charge in [0.1, 0.15) is 11.9 Å². The lowest BCUT2D eigenvalue weighted by Crippen LogP contribution is -2.31. The van der Waals surface area contributed by atoms with Crippen LogP contribution in [-0.2, 0) is 10.7 Å². The molecule has 2 aromatic rings. The largest absolute Gasteiger partial charge is 0.355 e. The maximum Gasteiger partial charge on any atom is 0.242 e. The van der Waals surface area contributed by atoms with E-state index in [1.807, 2.05) is 24.5 Å². The SMILES string of the molecule is CCNC(=O)C(C)n1c(CCl)nc2ccc(Cl)cc21. The van der Waals surface area contributed by atoms with Crippen molar-refractivity contribution in [2.24, 2.45) is 0 Å². The summed E-state index contributed by atoms with van der Waals surface area (Å²) in [5, 5.41) is 3.41. The van der Waals surface area contributed by atoms with Gasteiger partial charge in [0.2, 0.25) is 5.91 Å². The highest BCUT2D eigenvalue weighted by Gasteiger charge is 2.20. The number of aromatic nitrogens is 2. The fraction of sp³-hybridized carbons (Fsp3) is 0.385. The highest BCUT2D eigenvalue weighted by Crippen LogP contribution is 2.25. The number of nitrogens with one attached hydrogen (secondary N) is 1. The molecule has 2 rings (SSSR count). The molecule has 0 fully saturated rings. The van der Waals surface area contributed by atoms with E-state index in [-0.39, 0.29) is 17.8 Å². The second-order valence-electron chi connectivity index (χ2n) is 4.24. The van der Waals surface area contributed by atoms with Gasteiger partial charge in [-0.25, -0.2) is 4.98 Å². The molecule has 1 unspecified atom stereocenters. The number of hydrogen-bond acceptors (Lipinski definition) is 2. The van der Waals surface area contributed by atoms with Crippen molar-refractivity contribution in [1.82, 2.24) is 14.9 Å². The van der Waals surface area contributed by atoms with Gasteiger partial charge in [-0.05, 0) is 32.0 Å². The average molecular weight is 300 g/mol. The van der Waals surface area contributed by atoms with Crippen LogP contribution in [0.3, 0.4) is 0 Å². The van der Waals surface area contributed by atoms with Crippen LogP contribution >= 0.6 is 23.2 Å². The molecule has 0 spiro atoms. The molecular formula is C13H15Cl2N3O. The summed E-state index contributed by atoms with van der Waals surface area (Å²) in [5.74, 6) is 0.849. The smallest absolute Gasteiger partial charge is 0.242 e. The number of carbonyl (C=O) groups is 1. The van der Waals surface area contributed by atoms with E-state index in [4.69, 9.17) is 23.2 Å². The van der Waals surface area contributed by atoms with Crippen molar-refractivity contribution in [3.63, 3.8) is 0 Å². The third kappa shape index (κ3) is 2.69. The third-order valence-corrected chi connectivity index (χ3v) is 3.44. The molecule has 0 aliphatic heterocycles. The first kappa shape index (κ1) is 14.2. The molecule has 1 aromatic carbocycles. The Morgan fingerprint density at radius 2 is 2.26 bits per heavy atom. The number of likely N-dealkylation sites (N-methyl/N-ethyl adjacent to an activating group) is 1. The van der Waals surface area contributed by atoms with E-state index in [0.29, 0.717) is 17.4 Å². The van der Waals surface area contributed by atoms with Crippen LogP contribution in [0.4, 0.5) is 0 Å². The first-order chi connectivity index (χ1) is 9.08. The second kappa shape index (κ2) is 5.80. The fourth-order valence-corrected chi connectivity index (χ4v) is 2.44. The Morgan fingerprint density at radius 1 is 1.53 bits per heavy atom. The normalized spacial score (nSPS) is 12.6. The Morgan fingerprint density at radius 3 is 2.89 bits per heavy atom. The molecule has 1 atom stereocenters. The second-order valence-corrected chi connectivity index (χ2v) is 4.94. The number of hydrogen-bond donors (Lipinski definition) is 1. The molecular weight excluding hydrogens is 285 g/mol. The molecule has 1 aromatic heterocycles. The molecule has 102 valence electrons. The van der Waals surface area contributed by atoms with E-state index in [9.17, 15) is 4.79 Å². The maximum absolute atomic E-state index is 12.0. The van der Waals surface area contributed by atoms with Crippen molar-refractivity contribution in [3.8, 4) is 0 Å². The summed E-state index contributed by atoms with van der Waals surface area (Å²) in [5.41, 5.74) is 1.61. The van der Waals surface area contributed by atoms with Gasteiger partial charge in [-0.2, -0.15) is 0 Å². The van der Waals surface area contributed by atoms with Gasteiger partial charge in [0.05, 0.1) is 16.9 Å². The number of benzene rings is 1. The van der Waals surface area contributed by atoms with Crippen LogP contribution < -0.4 is 5.32 Å². The summed E-state index contributed by atoms with van der Waals surface area (Å²) in [6, 6.07) is 5.03. The number of alkyl halides is 1. The predicted molar refractivity (Wildman–Crippen MR) is 77.7 cm³/mol. The molecule has 6 heteroatoms. The number of halogens is 2. The molecule has 1 heterocycles. The minimum absolute atomic E-state index is 0.0619. The van der Waals surface area contributed by atoms with Crippen LogP contribution in [0.1, 0.15) is 25.7 Å². The summed E-state index contributed by atoms with van der Waals surface area (Å²) in [6.45, 7) is 4.30. The minimum atomic E-state index is -0.378. The van der Waals surface area contributed by atoms with Crippen molar-refractivity contribution in [2.45, 2.75) is 25.8 Å². The summed E-state index contributed by atoms with van der Waals surface area (Å²) >= 11 is 11.9. The van der Waals surface area contributed by atoms with Crippen LogP contribution in [0.15, 0.2) is 18.2 Å². The third-order valence-electron chi connectivity index (χ3n) is 2.96. The first-order valence-corrected chi connectivity index (χ1v) is 6.99. The summed E-state index contributed by atoms with van der Waals surface area (Å²) < 4.78 is 1.83. The zero-order valence-electron chi connectivity index (χ0n) is 10.8. The van der Waals surface area contributed by atoms with E-state index in [2.05, 4.69) is 10.3 Å². The number of carbonyl (C=O) groups excluding carboxylic acids is 1. The summed E-state index contributed by atoms with van der Waals surface area (Å²) in [4.78, 5) is 16.4. The van der Waals surface area contributed by atoms with Crippen LogP contribution in [0, 0.1) is 0 Å². The predicted octanol–water partition coefficient (Wildman–Crippen LogP) is 3.13. The van der Waals surface area contributed by atoms with Crippen molar-refractivity contribution in [1.29, 1.82) is 0 Å². The molecule has 0 radical (unpaired) electrons. The topological polar surface area (TPSA) is 46.9 Å². The number of rotatable bonds is 4. The first-order valence-electron chi connectivity index (χ1n) is 6.08. The van der Waals surface area contributed by atoms with Gasteiger partial charge in [-0.3, -0.25) is 4.79 Å². The number of fused-ring (bicyclic) bond motifs is 1. The van der Waals surface area contributed by atoms with Crippen molar-refractivity contribution >= 4 is 40.1 Å². The monoisotopic (exact) mass is 299 g/mol. The van der Waals surface area contributed by atoms with E-state index in [0.717, 1.165) is 11.0 Å². The number of imidazole rings is 1. The Bertz CT molecular complexity index is 609. The van der Waals surface area contributed by atoms with Gasteiger partial charge in [-0.1, -0.05) is 11.6 Å². The molecule has 0 aliphatic rings. The number of nitrogens with zero attached hydrogens (tertiary/aromatic N) is 2. The van der Waals surface area contributed by atoms with E-state index < -0.39 is 0 Å². The average Bonchev–Trinajstić information content (AvgIpc) is 2.75. The Kier molecular flexibility index (Phi) is 4.32. The minimum Gasteiger partial charge on any atom is -0.355 e.